The standard InChI is InChI=1S/C20H43N.ClH/c1-4-5-6-7-8-9-10-11-12-13-14-15-16-17-18-19-20-21(2)3;/h4-20H2,1-3H3;1H. The summed E-state index contributed by atoms with van der Waals surface area (Å²) in [6.07, 6.45) is 23.4. The fourth-order valence-electron chi connectivity index (χ4n) is 3.03. The molecule has 136 valence electrons. The molecule has 0 saturated carbocycles. The summed E-state index contributed by atoms with van der Waals surface area (Å²) in [5, 5.41) is 0. The maximum Gasteiger partial charge on any atom is 0.0766 e. The van der Waals surface area contributed by atoms with Crippen molar-refractivity contribution in [1.82, 2.24) is 0 Å². The van der Waals surface area contributed by atoms with Crippen molar-refractivity contribution >= 4 is 0 Å². The minimum absolute atomic E-state index is 0. The van der Waals surface area contributed by atoms with E-state index in [-0.39, 0.29) is 12.4 Å². The number of hydrogen-bond acceptors (Lipinski definition) is 0. The van der Waals surface area contributed by atoms with Crippen LogP contribution in [0.5, 0.6) is 0 Å². The lowest BCUT2D eigenvalue weighted by Crippen LogP contribution is -3.05. The molecule has 0 aliphatic rings. The van der Waals surface area contributed by atoms with Crippen LogP contribution in [0.15, 0.2) is 0 Å². The first-order valence-electron chi connectivity index (χ1n) is 10.1. The summed E-state index contributed by atoms with van der Waals surface area (Å²) in [7, 11) is 4.51. The van der Waals surface area contributed by atoms with Gasteiger partial charge < -0.3 is 17.3 Å². The minimum atomic E-state index is 0. The van der Waals surface area contributed by atoms with E-state index < -0.39 is 0 Å². The molecule has 0 aromatic rings. The highest BCUT2D eigenvalue weighted by Crippen LogP contribution is 2.13. The van der Waals surface area contributed by atoms with Crippen molar-refractivity contribution in [3.8, 4) is 0 Å². The van der Waals surface area contributed by atoms with Crippen molar-refractivity contribution in [3.63, 3.8) is 0 Å². The molecule has 0 bridgehead atoms. The van der Waals surface area contributed by atoms with Crippen LogP contribution in [0.2, 0.25) is 0 Å². The monoisotopic (exact) mass is 333 g/mol. The average molecular weight is 334 g/mol. The van der Waals surface area contributed by atoms with E-state index >= 15 is 0 Å². The van der Waals surface area contributed by atoms with Crippen LogP contribution in [0.25, 0.3) is 0 Å². The smallest absolute Gasteiger partial charge is 0.0766 e. The molecule has 0 atom stereocenters. The summed E-state index contributed by atoms with van der Waals surface area (Å²) in [6.45, 7) is 3.64. The zero-order valence-corrected chi connectivity index (χ0v) is 16.7. The van der Waals surface area contributed by atoms with Gasteiger partial charge in [0.25, 0.3) is 0 Å². The summed E-state index contributed by atoms with van der Waals surface area (Å²) in [6, 6.07) is 0. The fraction of sp³-hybridized carbons (Fsp3) is 1.00. The molecular weight excluding hydrogens is 290 g/mol. The Bertz CT molecular complexity index is 183. The third-order valence-corrected chi connectivity index (χ3v) is 4.53. The van der Waals surface area contributed by atoms with Gasteiger partial charge in [0.15, 0.2) is 0 Å². The number of unbranched alkanes of at least 4 members (excludes halogenated alkanes) is 15. The van der Waals surface area contributed by atoms with E-state index in [9.17, 15) is 0 Å². The highest BCUT2D eigenvalue weighted by molar-refractivity contribution is 4.49. The third-order valence-electron chi connectivity index (χ3n) is 4.53. The second-order valence-corrected chi connectivity index (χ2v) is 7.26. The molecule has 1 nitrogen and oxygen atoms in total. The van der Waals surface area contributed by atoms with E-state index in [1.54, 1.807) is 4.90 Å². The molecule has 1 N–H and O–H groups in total. The van der Waals surface area contributed by atoms with Gasteiger partial charge in [-0.05, 0) is 12.8 Å². The SMILES string of the molecule is CCCCCCCCCCCCCCCCCC[NH+](C)C.[Cl-]. The number of quaternary nitrogens is 1. The molecule has 0 aromatic heterocycles. The lowest BCUT2D eigenvalue weighted by atomic mass is 10.0. The molecular formula is C20H44ClN. The quantitative estimate of drug-likeness (QED) is 0.390. The van der Waals surface area contributed by atoms with Crippen molar-refractivity contribution in [1.29, 1.82) is 0 Å². The lowest BCUT2D eigenvalue weighted by molar-refractivity contribution is -0.858. The van der Waals surface area contributed by atoms with E-state index in [0.29, 0.717) is 0 Å². The van der Waals surface area contributed by atoms with E-state index in [1.807, 2.05) is 0 Å². The first-order valence-corrected chi connectivity index (χ1v) is 10.1. The number of nitrogens with one attached hydrogen (secondary N) is 1. The largest absolute Gasteiger partial charge is 1.00 e. The van der Waals surface area contributed by atoms with Gasteiger partial charge in [-0.25, -0.2) is 0 Å². The van der Waals surface area contributed by atoms with E-state index in [4.69, 9.17) is 0 Å². The van der Waals surface area contributed by atoms with Crippen LogP contribution in [0, 0.1) is 0 Å². The van der Waals surface area contributed by atoms with E-state index in [0.717, 1.165) is 0 Å². The molecule has 0 aliphatic carbocycles. The van der Waals surface area contributed by atoms with Gasteiger partial charge in [0.05, 0.1) is 20.6 Å². The fourth-order valence-corrected chi connectivity index (χ4v) is 3.03. The van der Waals surface area contributed by atoms with Crippen LogP contribution in [0.3, 0.4) is 0 Å². The Morgan fingerprint density at radius 3 is 1.00 bits per heavy atom. The van der Waals surface area contributed by atoms with Gasteiger partial charge in [0, 0.05) is 0 Å². The van der Waals surface area contributed by atoms with Gasteiger partial charge >= 0.3 is 0 Å². The number of rotatable bonds is 17. The molecule has 0 aromatic carbocycles. The lowest BCUT2D eigenvalue weighted by Gasteiger charge is -2.06. The molecule has 0 aliphatic heterocycles. The molecule has 0 radical (unpaired) electrons. The molecule has 0 amide bonds. The van der Waals surface area contributed by atoms with Gasteiger partial charge in [-0.2, -0.15) is 0 Å². The zero-order valence-electron chi connectivity index (χ0n) is 15.9. The summed E-state index contributed by atoms with van der Waals surface area (Å²) in [5.74, 6) is 0. The summed E-state index contributed by atoms with van der Waals surface area (Å²) < 4.78 is 0. The Balaban J connectivity index is 0. The predicted octanol–water partition coefficient (Wildman–Crippen LogP) is 2.40. The predicted molar refractivity (Wildman–Crippen MR) is 97.2 cm³/mol. The summed E-state index contributed by atoms with van der Waals surface area (Å²) in [4.78, 5) is 1.60. The van der Waals surface area contributed by atoms with Crippen molar-refractivity contribution in [2.75, 3.05) is 20.6 Å². The van der Waals surface area contributed by atoms with Crippen LogP contribution >= 0.6 is 0 Å². The van der Waals surface area contributed by atoms with Gasteiger partial charge in [0.2, 0.25) is 0 Å². The van der Waals surface area contributed by atoms with Crippen molar-refractivity contribution in [3.05, 3.63) is 0 Å². The Morgan fingerprint density at radius 2 is 0.727 bits per heavy atom. The first kappa shape index (κ1) is 24.5. The highest BCUT2D eigenvalue weighted by Gasteiger charge is 1.96. The minimum Gasteiger partial charge on any atom is -1.00 e. The summed E-state index contributed by atoms with van der Waals surface area (Å²) in [5.41, 5.74) is 0. The van der Waals surface area contributed by atoms with Crippen LogP contribution in [0.1, 0.15) is 110 Å². The highest BCUT2D eigenvalue weighted by atomic mass is 35.5. The zero-order chi connectivity index (χ0) is 15.6. The normalized spacial score (nSPS) is 10.9. The molecule has 2 heteroatoms. The van der Waals surface area contributed by atoms with Crippen LogP contribution in [-0.4, -0.2) is 20.6 Å². The van der Waals surface area contributed by atoms with Gasteiger partial charge in [-0.3, -0.25) is 0 Å². The van der Waals surface area contributed by atoms with Crippen molar-refractivity contribution < 1.29 is 17.3 Å². The Hall–Kier alpha value is 0.250. The second kappa shape index (κ2) is 21.2. The molecule has 0 heterocycles. The topological polar surface area (TPSA) is 4.44 Å². The average Bonchev–Trinajstić information content (AvgIpc) is 2.46. The Morgan fingerprint density at radius 1 is 0.455 bits per heavy atom. The Kier molecular flexibility index (Phi) is 23.7. The second-order valence-electron chi connectivity index (χ2n) is 7.26. The molecule has 0 rings (SSSR count). The molecule has 22 heavy (non-hydrogen) atoms. The molecule has 0 fully saturated rings. The molecule has 0 unspecified atom stereocenters. The maximum atomic E-state index is 2.30. The number of halogens is 1. The summed E-state index contributed by atoms with van der Waals surface area (Å²) >= 11 is 0. The molecule has 0 saturated heterocycles. The van der Waals surface area contributed by atoms with Crippen LogP contribution in [0.4, 0.5) is 0 Å². The van der Waals surface area contributed by atoms with Gasteiger partial charge in [0.1, 0.15) is 0 Å². The van der Waals surface area contributed by atoms with Crippen LogP contribution in [-0.2, 0) is 0 Å². The van der Waals surface area contributed by atoms with Gasteiger partial charge in [-0.1, -0.05) is 96.8 Å². The Labute approximate surface area is 148 Å². The van der Waals surface area contributed by atoms with Crippen LogP contribution < -0.4 is 17.3 Å². The van der Waals surface area contributed by atoms with Crippen molar-refractivity contribution in [2.24, 2.45) is 0 Å². The maximum absolute atomic E-state index is 2.30. The number of hydrogen-bond donors (Lipinski definition) is 1. The third kappa shape index (κ3) is 22.5. The van der Waals surface area contributed by atoms with E-state index in [2.05, 4.69) is 21.0 Å². The van der Waals surface area contributed by atoms with Gasteiger partial charge in [-0.15, -0.1) is 0 Å². The van der Waals surface area contributed by atoms with E-state index in [1.165, 1.54) is 109 Å². The molecule has 0 spiro atoms. The first-order chi connectivity index (χ1) is 10.3. The van der Waals surface area contributed by atoms with Crippen molar-refractivity contribution in [2.45, 2.75) is 110 Å².